The summed E-state index contributed by atoms with van der Waals surface area (Å²) >= 11 is 0. The van der Waals surface area contributed by atoms with Crippen molar-refractivity contribution in [3.63, 3.8) is 0 Å². The SMILES string of the molecule is CCOC(C)CN1CC(C)CNCC(C)C1. The topological polar surface area (TPSA) is 24.5 Å². The lowest BCUT2D eigenvalue weighted by Crippen LogP contribution is -2.45. The maximum atomic E-state index is 5.63. The van der Waals surface area contributed by atoms with Gasteiger partial charge in [-0.25, -0.2) is 0 Å². The highest BCUT2D eigenvalue weighted by Crippen LogP contribution is 2.09. The fraction of sp³-hybridized carbons (Fsp3) is 1.00. The Morgan fingerprint density at radius 2 is 1.81 bits per heavy atom. The molecular weight excluding hydrogens is 200 g/mol. The fourth-order valence-electron chi connectivity index (χ4n) is 2.51. The molecule has 0 bridgehead atoms. The summed E-state index contributed by atoms with van der Waals surface area (Å²) < 4.78 is 5.63. The van der Waals surface area contributed by atoms with Crippen molar-refractivity contribution in [2.45, 2.75) is 33.8 Å². The predicted molar refractivity (Wildman–Crippen MR) is 68.7 cm³/mol. The summed E-state index contributed by atoms with van der Waals surface area (Å²) in [6, 6.07) is 0. The minimum Gasteiger partial charge on any atom is -0.377 e. The second-order valence-corrected chi connectivity index (χ2v) is 5.35. The molecule has 3 heteroatoms. The minimum atomic E-state index is 0.358. The first kappa shape index (κ1) is 13.9. The Labute approximate surface area is 101 Å². The Balaban J connectivity index is 2.40. The smallest absolute Gasteiger partial charge is 0.0673 e. The van der Waals surface area contributed by atoms with Crippen LogP contribution >= 0.6 is 0 Å². The van der Waals surface area contributed by atoms with Crippen LogP contribution < -0.4 is 5.32 Å². The molecule has 1 fully saturated rings. The summed E-state index contributed by atoms with van der Waals surface area (Å²) in [5.74, 6) is 1.47. The summed E-state index contributed by atoms with van der Waals surface area (Å²) in [5.41, 5.74) is 0. The minimum absolute atomic E-state index is 0.358. The van der Waals surface area contributed by atoms with E-state index in [9.17, 15) is 0 Å². The van der Waals surface area contributed by atoms with Crippen molar-refractivity contribution in [3.05, 3.63) is 0 Å². The van der Waals surface area contributed by atoms with Crippen molar-refractivity contribution in [3.8, 4) is 0 Å². The van der Waals surface area contributed by atoms with Gasteiger partial charge in [0.05, 0.1) is 6.10 Å². The summed E-state index contributed by atoms with van der Waals surface area (Å²) in [6.45, 7) is 15.4. The maximum Gasteiger partial charge on any atom is 0.0673 e. The molecule has 0 aliphatic carbocycles. The Kier molecular flexibility index (Phi) is 6.32. The van der Waals surface area contributed by atoms with Gasteiger partial charge in [0.25, 0.3) is 0 Å². The standard InChI is InChI=1S/C13H28N2O/c1-5-16-13(4)10-15-8-11(2)6-14-7-12(3)9-15/h11-14H,5-10H2,1-4H3. The normalized spacial score (nSPS) is 30.8. The number of hydrogen-bond donors (Lipinski definition) is 1. The molecule has 1 N–H and O–H groups in total. The van der Waals surface area contributed by atoms with Gasteiger partial charge in [0, 0.05) is 26.2 Å². The van der Waals surface area contributed by atoms with E-state index in [0.29, 0.717) is 6.10 Å². The highest BCUT2D eigenvalue weighted by molar-refractivity contribution is 4.74. The van der Waals surface area contributed by atoms with Crippen molar-refractivity contribution < 1.29 is 4.74 Å². The Morgan fingerprint density at radius 3 is 2.31 bits per heavy atom. The molecule has 0 amide bonds. The quantitative estimate of drug-likeness (QED) is 0.791. The molecule has 0 spiro atoms. The third-order valence-corrected chi connectivity index (χ3v) is 3.09. The summed E-state index contributed by atoms with van der Waals surface area (Å²) in [6.07, 6.45) is 0.358. The zero-order chi connectivity index (χ0) is 12.0. The van der Waals surface area contributed by atoms with Crippen LogP contribution in [0.15, 0.2) is 0 Å². The zero-order valence-electron chi connectivity index (χ0n) is 11.3. The Morgan fingerprint density at radius 1 is 1.25 bits per heavy atom. The lowest BCUT2D eigenvalue weighted by atomic mass is 10.1. The monoisotopic (exact) mass is 228 g/mol. The third-order valence-electron chi connectivity index (χ3n) is 3.09. The molecule has 96 valence electrons. The van der Waals surface area contributed by atoms with E-state index in [1.165, 1.54) is 13.1 Å². The molecule has 1 rings (SSSR count). The van der Waals surface area contributed by atoms with Crippen molar-refractivity contribution in [2.75, 3.05) is 39.3 Å². The summed E-state index contributed by atoms with van der Waals surface area (Å²) in [7, 11) is 0. The average molecular weight is 228 g/mol. The van der Waals surface area contributed by atoms with Gasteiger partial charge in [-0.2, -0.15) is 0 Å². The van der Waals surface area contributed by atoms with Crippen molar-refractivity contribution >= 4 is 0 Å². The van der Waals surface area contributed by atoms with Gasteiger partial charge in [-0.3, -0.25) is 0 Å². The summed E-state index contributed by atoms with van der Waals surface area (Å²) in [4.78, 5) is 2.57. The van der Waals surface area contributed by atoms with E-state index >= 15 is 0 Å². The first-order valence-corrected chi connectivity index (χ1v) is 6.66. The van der Waals surface area contributed by atoms with Gasteiger partial charge in [0.1, 0.15) is 0 Å². The third kappa shape index (κ3) is 5.28. The molecule has 0 aromatic rings. The molecule has 0 aromatic heterocycles. The molecule has 0 radical (unpaired) electrons. The fourth-order valence-corrected chi connectivity index (χ4v) is 2.51. The molecule has 1 aliphatic heterocycles. The van der Waals surface area contributed by atoms with Crippen LogP contribution in [0.1, 0.15) is 27.7 Å². The number of nitrogens with one attached hydrogen (secondary N) is 1. The molecule has 3 nitrogen and oxygen atoms in total. The van der Waals surface area contributed by atoms with Gasteiger partial charge >= 0.3 is 0 Å². The van der Waals surface area contributed by atoms with Crippen LogP contribution in [0.2, 0.25) is 0 Å². The maximum absolute atomic E-state index is 5.63. The van der Waals surface area contributed by atoms with Gasteiger partial charge < -0.3 is 15.0 Å². The molecule has 16 heavy (non-hydrogen) atoms. The van der Waals surface area contributed by atoms with Crippen molar-refractivity contribution in [1.82, 2.24) is 10.2 Å². The van der Waals surface area contributed by atoms with E-state index in [1.807, 2.05) is 0 Å². The molecule has 1 aliphatic rings. The van der Waals surface area contributed by atoms with Gasteiger partial charge in [-0.1, -0.05) is 13.8 Å². The molecule has 0 saturated carbocycles. The van der Waals surface area contributed by atoms with E-state index in [1.54, 1.807) is 0 Å². The van der Waals surface area contributed by atoms with Crippen LogP contribution in [0, 0.1) is 11.8 Å². The van der Waals surface area contributed by atoms with Crippen LogP contribution in [-0.4, -0.2) is 50.3 Å². The van der Waals surface area contributed by atoms with Gasteiger partial charge in [0.2, 0.25) is 0 Å². The van der Waals surface area contributed by atoms with Crippen LogP contribution in [0.4, 0.5) is 0 Å². The number of rotatable bonds is 4. The number of hydrogen-bond acceptors (Lipinski definition) is 3. The van der Waals surface area contributed by atoms with Gasteiger partial charge in [0.15, 0.2) is 0 Å². The average Bonchev–Trinajstić information content (AvgIpc) is 2.15. The van der Waals surface area contributed by atoms with Crippen LogP contribution in [0.5, 0.6) is 0 Å². The zero-order valence-corrected chi connectivity index (χ0v) is 11.3. The molecule has 1 heterocycles. The highest BCUT2D eigenvalue weighted by Gasteiger charge is 2.18. The number of nitrogens with zero attached hydrogens (tertiary/aromatic N) is 1. The molecule has 0 aromatic carbocycles. The first-order chi connectivity index (χ1) is 7.61. The summed E-state index contributed by atoms with van der Waals surface area (Å²) in [5, 5.41) is 3.53. The lowest BCUT2D eigenvalue weighted by Gasteiger charge is -2.33. The van der Waals surface area contributed by atoms with Crippen LogP contribution in [0.25, 0.3) is 0 Å². The van der Waals surface area contributed by atoms with Crippen molar-refractivity contribution in [2.24, 2.45) is 11.8 Å². The van der Waals surface area contributed by atoms with Crippen LogP contribution in [-0.2, 0) is 4.74 Å². The lowest BCUT2D eigenvalue weighted by molar-refractivity contribution is 0.0361. The van der Waals surface area contributed by atoms with E-state index in [4.69, 9.17) is 4.74 Å². The molecule has 3 atom stereocenters. The Hall–Kier alpha value is -0.120. The van der Waals surface area contributed by atoms with E-state index in [2.05, 4.69) is 37.9 Å². The largest absolute Gasteiger partial charge is 0.377 e. The van der Waals surface area contributed by atoms with Gasteiger partial charge in [-0.05, 0) is 38.8 Å². The van der Waals surface area contributed by atoms with Crippen LogP contribution in [0.3, 0.4) is 0 Å². The second kappa shape index (κ2) is 7.25. The van der Waals surface area contributed by atoms with E-state index in [-0.39, 0.29) is 0 Å². The van der Waals surface area contributed by atoms with E-state index < -0.39 is 0 Å². The molecule has 1 saturated heterocycles. The predicted octanol–water partition coefficient (Wildman–Crippen LogP) is 1.59. The molecule has 3 unspecified atom stereocenters. The highest BCUT2D eigenvalue weighted by atomic mass is 16.5. The molecular formula is C13H28N2O. The van der Waals surface area contributed by atoms with Crippen molar-refractivity contribution in [1.29, 1.82) is 0 Å². The number of ether oxygens (including phenoxy) is 1. The van der Waals surface area contributed by atoms with Gasteiger partial charge in [-0.15, -0.1) is 0 Å². The second-order valence-electron chi connectivity index (χ2n) is 5.35. The van der Waals surface area contributed by atoms with E-state index in [0.717, 1.165) is 38.1 Å². The first-order valence-electron chi connectivity index (χ1n) is 6.66. The Bertz CT molecular complexity index is 175.